The maximum absolute atomic E-state index is 2.42. The quantitative estimate of drug-likeness (QED) is 0.186. The minimum atomic E-state index is 0.298. The highest BCUT2D eigenvalue weighted by Gasteiger charge is 2.23. The molecule has 0 saturated carbocycles. The van der Waals surface area contributed by atoms with Gasteiger partial charge in [-0.3, -0.25) is 0 Å². The van der Waals surface area contributed by atoms with E-state index in [1.807, 2.05) is 13.8 Å². The Labute approximate surface area is 309 Å². The summed E-state index contributed by atoms with van der Waals surface area (Å²) >= 11 is 0. The van der Waals surface area contributed by atoms with Crippen molar-refractivity contribution in [2.75, 3.05) is 0 Å². The number of rotatable bonds is 5. The van der Waals surface area contributed by atoms with Gasteiger partial charge in [-0.05, 0) is 141 Å². The van der Waals surface area contributed by atoms with Gasteiger partial charge in [0.2, 0.25) is 11.4 Å². The number of aryl methyl sites for hydroxylation is 9. The molecule has 0 amide bonds. The summed E-state index contributed by atoms with van der Waals surface area (Å²) in [5, 5.41) is 0. The normalized spacial score (nSPS) is 11.8. The highest BCUT2D eigenvalue weighted by molar-refractivity contribution is 5.65. The number of hydrogen-bond donors (Lipinski definition) is 0. The lowest BCUT2D eigenvalue weighted by atomic mass is 9.84. The van der Waals surface area contributed by atoms with Crippen molar-refractivity contribution in [2.45, 2.75) is 144 Å². The zero-order chi connectivity index (χ0) is 38.5. The summed E-state index contributed by atoms with van der Waals surface area (Å²) in [6.07, 6.45) is 7.97. The number of pyridine rings is 2. The van der Waals surface area contributed by atoms with Crippen LogP contribution < -0.4 is 9.13 Å². The van der Waals surface area contributed by atoms with Crippen LogP contribution in [0.2, 0.25) is 0 Å². The Balaban J connectivity index is 0.000000334. The van der Waals surface area contributed by atoms with E-state index >= 15 is 0 Å². The van der Waals surface area contributed by atoms with Crippen LogP contribution >= 0.6 is 0 Å². The van der Waals surface area contributed by atoms with Crippen molar-refractivity contribution >= 4 is 0 Å². The molecule has 0 fully saturated rings. The third-order valence-electron chi connectivity index (χ3n) is 9.42. The molecule has 0 atom stereocenters. The lowest BCUT2D eigenvalue weighted by molar-refractivity contribution is -0.661. The zero-order valence-electron chi connectivity index (χ0n) is 36.1. The minimum absolute atomic E-state index is 0.298. The van der Waals surface area contributed by atoms with Crippen molar-refractivity contribution in [1.82, 2.24) is 0 Å². The molecule has 2 nitrogen and oxygen atoms in total. The molecule has 4 aromatic rings. The summed E-state index contributed by atoms with van der Waals surface area (Å²) in [5.41, 5.74) is 20.2. The largest absolute Gasteiger partial charge is 0.212 e. The predicted molar refractivity (Wildman–Crippen MR) is 220 cm³/mol. The third-order valence-corrected chi connectivity index (χ3v) is 9.42. The molecule has 50 heavy (non-hydrogen) atoms. The highest BCUT2D eigenvalue weighted by atomic mass is 14.9. The van der Waals surface area contributed by atoms with E-state index in [1.54, 1.807) is 0 Å². The molecule has 0 bridgehead atoms. The van der Waals surface area contributed by atoms with Gasteiger partial charge in [-0.15, -0.1) is 0 Å². The summed E-state index contributed by atoms with van der Waals surface area (Å²) in [4.78, 5) is 0. The fraction of sp³-hybridized carbons (Fsp3) is 0.542. The molecule has 0 radical (unpaired) electrons. The van der Waals surface area contributed by atoms with E-state index in [0.717, 1.165) is 19.3 Å². The lowest BCUT2D eigenvalue weighted by Gasteiger charge is -2.21. The second-order valence-electron chi connectivity index (χ2n) is 18.5. The van der Waals surface area contributed by atoms with E-state index in [2.05, 4.69) is 183 Å². The number of hydrogen-bond acceptors (Lipinski definition) is 0. The van der Waals surface area contributed by atoms with Crippen molar-refractivity contribution < 1.29 is 9.13 Å². The first kappa shape index (κ1) is 42.9. The Kier molecular flexibility index (Phi) is 14.4. The van der Waals surface area contributed by atoms with Crippen LogP contribution in [0.4, 0.5) is 0 Å². The molecule has 0 saturated heterocycles. The molecule has 2 heterocycles. The monoisotopic (exact) mass is 679 g/mol. The van der Waals surface area contributed by atoms with Crippen LogP contribution in [-0.4, -0.2) is 0 Å². The summed E-state index contributed by atoms with van der Waals surface area (Å²) in [6.45, 7) is 40.3. The molecule has 0 aliphatic carbocycles. The minimum Gasteiger partial charge on any atom is -0.201 e. The third kappa shape index (κ3) is 12.2. The van der Waals surface area contributed by atoms with E-state index in [9.17, 15) is 0 Å². The van der Waals surface area contributed by atoms with Gasteiger partial charge in [0, 0.05) is 34.4 Å². The second kappa shape index (κ2) is 16.8. The topological polar surface area (TPSA) is 7.76 Å². The number of benzene rings is 2. The molecule has 0 aliphatic rings. The van der Waals surface area contributed by atoms with Gasteiger partial charge in [-0.25, -0.2) is 9.13 Å². The summed E-state index contributed by atoms with van der Waals surface area (Å²) in [7, 11) is 4.35. The van der Waals surface area contributed by atoms with E-state index < -0.39 is 0 Å². The average molecular weight is 679 g/mol. The maximum Gasteiger partial charge on any atom is 0.212 e. The molecule has 0 aliphatic heterocycles. The lowest BCUT2D eigenvalue weighted by Crippen LogP contribution is -2.32. The summed E-state index contributed by atoms with van der Waals surface area (Å²) < 4.78 is 4.60. The molecular weight excluding hydrogens is 605 g/mol. The van der Waals surface area contributed by atoms with Crippen molar-refractivity contribution in [3.63, 3.8) is 0 Å². The van der Waals surface area contributed by atoms with Crippen LogP contribution in [0.3, 0.4) is 0 Å². The first-order valence-corrected chi connectivity index (χ1v) is 19.0. The molecule has 0 unspecified atom stereocenters. The summed E-state index contributed by atoms with van der Waals surface area (Å²) in [5.74, 6) is 0. The molecular formula is C48H74N2+2. The molecule has 0 N–H and O–H groups in total. The van der Waals surface area contributed by atoms with E-state index in [-0.39, 0.29) is 0 Å². The standard InChI is InChI=1S/C25H38N.C21H30N.C2H6/c1-17-11-19(3)22(13-20(17)14-24(4,5)6)23-12-18(2)21(16-26(23)10)15-25(7,8)9;1-14-9-17(4)19(10-15(14)2)20-11-16(3)18(13-22(20)8)12-21(5,6)7;1-2/h11-13,16H,14-15H2,1-10H3;9-11,13H,12H2,1-8H3;1-2H3/q2*+1;. The van der Waals surface area contributed by atoms with Crippen LogP contribution in [0.1, 0.15) is 132 Å². The highest BCUT2D eigenvalue weighted by Crippen LogP contribution is 2.31. The Morgan fingerprint density at radius 3 is 1.06 bits per heavy atom. The van der Waals surface area contributed by atoms with Crippen LogP contribution in [0.25, 0.3) is 22.5 Å². The molecule has 2 heteroatoms. The SMILES string of the molecule is CC.Cc1cc(C)c(-c2cc(C)c(CC(C)(C)C)c[n+]2C)cc1C.Cc1cc(C)c(-c2cc(C)c(CC(C)(C)C)c[n+]2C)cc1CC(C)(C)C. The first-order chi connectivity index (χ1) is 22.8. The second-order valence-corrected chi connectivity index (χ2v) is 18.5. The Bertz CT molecular complexity index is 1760. The van der Waals surface area contributed by atoms with Gasteiger partial charge in [-0.2, -0.15) is 0 Å². The molecule has 2 aromatic heterocycles. The average Bonchev–Trinajstić information content (AvgIpc) is 2.95. The number of aromatic nitrogens is 2. The Hall–Kier alpha value is -3.26. The van der Waals surface area contributed by atoms with Gasteiger partial charge >= 0.3 is 0 Å². The Morgan fingerprint density at radius 1 is 0.380 bits per heavy atom. The maximum atomic E-state index is 2.42. The Morgan fingerprint density at radius 2 is 0.680 bits per heavy atom. The van der Waals surface area contributed by atoms with Crippen molar-refractivity contribution in [1.29, 1.82) is 0 Å². The smallest absolute Gasteiger partial charge is 0.201 e. The molecule has 2 aromatic carbocycles. The predicted octanol–water partition coefficient (Wildman–Crippen LogP) is 12.3. The fourth-order valence-electron chi connectivity index (χ4n) is 6.83. The van der Waals surface area contributed by atoms with Gasteiger partial charge in [0.25, 0.3) is 0 Å². The van der Waals surface area contributed by atoms with E-state index in [0.29, 0.717) is 16.2 Å². The van der Waals surface area contributed by atoms with Crippen LogP contribution in [0.15, 0.2) is 48.8 Å². The van der Waals surface area contributed by atoms with Crippen LogP contribution in [-0.2, 0) is 33.4 Å². The van der Waals surface area contributed by atoms with Gasteiger partial charge in [0.1, 0.15) is 14.1 Å². The van der Waals surface area contributed by atoms with Gasteiger partial charge < -0.3 is 0 Å². The van der Waals surface area contributed by atoms with Crippen LogP contribution in [0, 0.1) is 64.7 Å². The molecule has 0 spiro atoms. The van der Waals surface area contributed by atoms with Crippen LogP contribution in [0.5, 0.6) is 0 Å². The molecule has 4 rings (SSSR count). The van der Waals surface area contributed by atoms with Crippen molar-refractivity contribution in [3.8, 4) is 22.5 Å². The van der Waals surface area contributed by atoms with Crippen molar-refractivity contribution in [3.05, 3.63) is 104 Å². The van der Waals surface area contributed by atoms with E-state index in [4.69, 9.17) is 0 Å². The zero-order valence-corrected chi connectivity index (χ0v) is 36.1. The van der Waals surface area contributed by atoms with E-state index in [1.165, 1.54) is 78.1 Å². The van der Waals surface area contributed by atoms with Gasteiger partial charge in [0.05, 0.1) is 0 Å². The molecule has 274 valence electrons. The van der Waals surface area contributed by atoms with Gasteiger partial charge in [-0.1, -0.05) is 88.3 Å². The van der Waals surface area contributed by atoms with Gasteiger partial charge in [0.15, 0.2) is 12.4 Å². The summed E-state index contributed by atoms with van der Waals surface area (Å²) in [6, 6.07) is 14.1. The number of nitrogens with zero attached hydrogens (tertiary/aromatic N) is 2. The van der Waals surface area contributed by atoms with Crippen molar-refractivity contribution in [2.24, 2.45) is 30.3 Å². The fourth-order valence-corrected chi connectivity index (χ4v) is 6.83. The first-order valence-electron chi connectivity index (χ1n) is 19.0.